The van der Waals surface area contributed by atoms with Crippen LogP contribution in [0.5, 0.6) is 0 Å². The Morgan fingerprint density at radius 2 is 1.77 bits per heavy atom. The average Bonchev–Trinajstić information content (AvgIpc) is 3.27. The Morgan fingerprint density at radius 3 is 2.40 bits per heavy atom. The Balaban J connectivity index is 1.53. The number of anilines is 1. The van der Waals surface area contributed by atoms with E-state index in [4.69, 9.17) is 0 Å². The maximum absolute atomic E-state index is 13.4. The minimum absolute atomic E-state index is 0.0739. The van der Waals surface area contributed by atoms with E-state index in [1.54, 1.807) is 32.3 Å². The molecule has 1 aliphatic carbocycles. The molecule has 35 heavy (non-hydrogen) atoms. The number of hydrogen-bond acceptors (Lipinski definition) is 4. The monoisotopic (exact) mass is 475 g/mol. The van der Waals surface area contributed by atoms with Gasteiger partial charge in [0.25, 0.3) is 5.91 Å². The van der Waals surface area contributed by atoms with Gasteiger partial charge >= 0.3 is 0 Å². The third-order valence-corrected chi connectivity index (χ3v) is 7.14. The van der Waals surface area contributed by atoms with E-state index in [1.165, 1.54) is 10.9 Å². The van der Waals surface area contributed by atoms with Crippen LogP contribution in [-0.2, 0) is 11.8 Å². The maximum Gasteiger partial charge on any atom is 0.270 e. The Hall–Kier alpha value is -3.68. The molecule has 0 spiro atoms. The Kier molecular flexibility index (Phi) is 7.19. The lowest BCUT2D eigenvalue weighted by molar-refractivity contribution is -0.611. The van der Waals surface area contributed by atoms with Crippen molar-refractivity contribution in [1.82, 2.24) is 15.1 Å². The minimum Gasteiger partial charge on any atom is -0.618 e. The summed E-state index contributed by atoms with van der Waals surface area (Å²) in [4.78, 5) is 26.3. The highest BCUT2D eigenvalue weighted by Gasteiger charge is 2.33. The van der Waals surface area contributed by atoms with Crippen LogP contribution >= 0.6 is 0 Å². The first kappa shape index (κ1) is 24.4. The second-order valence-electron chi connectivity index (χ2n) is 9.66. The van der Waals surface area contributed by atoms with E-state index in [0.717, 1.165) is 47.1 Å². The molecule has 8 nitrogen and oxygen atoms in total. The summed E-state index contributed by atoms with van der Waals surface area (Å²) in [6, 6.07) is 10.3. The largest absolute Gasteiger partial charge is 0.618 e. The van der Waals surface area contributed by atoms with Gasteiger partial charge in [-0.25, -0.2) is 0 Å². The van der Waals surface area contributed by atoms with Crippen molar-refractivity contribution in [2.75, 3.05) is 5.32 Å². The number of benzene rings is 1. The standard InChI is InChI=1S/C27H33N5O3/c1-17-5-7-21(8-6-17)25(30-26(33)23-13-15-28-31(23)4)27(34)29-22-11-9-20(10-12-22)24-18(2)14-16-32(35)19(24)3/h9-17,21,25H,5-8H2,1-4H3,(H,29,34)(H,30,33)/t17?,21?,25-/m0/s1. The van der Waals surface area contributed by atoms with Crippen molar-refractivity contribution in [3.05, 3.63) is 71.0 Å². The lowest BCUT2D eigenvalue weighted by Crippen LogP contribution is -2.49. The van der Waals surface area contributed by atoms with Crippen LogP contribution < -0.4 is 15.4 Å². The minimum atomic E-state index is -0.636. The fraction of sp³-hybridized carbons (Fsp3) is 0.407. The van der Waals surface area contributed by atoms with Gasteiger partial charge in [-0.15, -0.1) is 0 Å². The van der Waals surface area contributed by atoms with Crippen LogP contribution in [0.1, 0.15) is 54.4 Å². The van der Waals surface area contributed by atoms with Crippen LogP contribution in [0.4, 0.5) is 5.69 Å². The molecule has 1 aliphatic rings. The van der Waals surface area contributed by atoms with Gasteiger partial charge in [0.15, 0.2) is 11.9 Å². The lowest BCUT2D eigenvalue weighted by Gasteiger charge is -2.32. The van der Waals surface area contributed by atoms with Crippen molar-refractivity contribution in [3.63, 3.8) is 0 Å². The van der Waals surface area contributed by atoms with Gasteiger partial charge in [0.2, 0.25) is 5.91 Å². The van der Waals surface area contributed by atoms with Crippen molar-refractivity contribution < 1.29 is 14.3 Å². The first-order valence-electron chi connectivity index (χ1n) is 12.1. The summed E-state index contributed by atoms with van der Waals surface area (Å²) < 4.78 is 2.36. The molecule has 2 amide bonds. The van der Waals surface area contributed by atoms with Gasteiger partial charge in [0.1, 0.15) is 11.7 Å². The molecule has 0 radical (unpaired) electrons. The van der Waals surface area contributed by atoms with Crippen molar-refractivity contribution in [2.24, 2.45) is 18.9 Å². The third-order valence-electron chi connectivity index (χ3n) is 7.14. The SMILES string of the molecule is Cc1cc[n+]([O-])c(C)c1-c1ccc(NC(=O)[C@@H](NC(=O)c2ccnn2C)C2CCC(C)CC2)cc1. The van der Waals surface area contributed by atoms with Gasteiger partial charge in [-0.3, -0.25) is 14.3 Å². The van der Waals surface area contributed by atoms with Gasteiger partial charge < -0.3 is 15.8 Å². The number of carbonyl (C=O) groups is 2. The van der Waals surface area contributed by atoms with Crippen molar-refractivity contribution >= 4 is 17.5 Å². The summed E-state index contributed by atoms with van der Waals surface area (Å²) in [6.07, 6.45) is 6.95. The summed E-state index contributed by atoms with van der Waals surface area (Å²) in [6.45, 7) is 6.00. The predicted octanol–water partition coefficient (Wildman–Crippen LogP) is 3.90. The molecule has 0 aliphatic heterocycles. The van der Waals surface area contributed by atoms with E-state index in [0.29, 0.717) is 23.0 Å². The number of carbonyl (C=O) groups excluding carboxylic acids is 2. The zero-order valence-corrected chi connectivity index (χ0v) is 20.7. The van der Waals surface area contributed by atoms with Crippen LogP contribution in [0.2, 0.25) is 0 Å². The second-order valence-corrected chi connectivity index (χ2v) is 9.66. The van der Waals surface area contributed by atoms with Crippen LogP contribution in [0.15, 0.2) is 48.8 Å². The molecule has 4 rings (SSSR count). The molecule has 2 N–H and O–H groups in total. The molecular formula is C27H33N5O3. The smallest absolute Gasteiger partial charge is 0.270 e. The molecule has 184 valence electrons. The molecule has 2 aromatic heterocycles. The van der Waals surface area contributed by atoms with Gasteiger partial charge in [-0.1, -0.05) is 31.9 Å². The molecule has 0 unspecified atom stereocenters. The van der Waals surface area contributed by atoms with Crippen molar-refractivity contribution in [3.8, 4) is 11.1 Å². The molecule has 3 aromatic rings. The first-order chi connectivity index (χ1) is 16.7. The number of rotatable bonds is 6. The Morgan fingerprint density at radius 1 is 1.09 bits per heavy atom. The van der Waals surface area contributed by atoms with Crippen LogP contribution in [-0.4, -0.2) is 27.6 Å². The molecule has 0 bridgehead atoms. The van der Waals surface area contributed by atoms with Crippen molar-refractivity contribution in [1.29, 1.82) is 0 Å². The average molecular weight is 476 g/mol. The maximum atomic E-state index is 13.4. The number of hydrogen-bond donors (Lipinski definition) is 2. The van der Waals surface area contributed by atoms with Gasteiger partial charge in [0.05, 0.1) is 5.56 Å². The van der Waals surface area contributed by atoms with E-state index < -0.39 is 6.04 Å². The number of amides is 2. The van der Waals surface area contributed by atoms with Gasteiger partial charge in [-0.05, 0) is 60.9 Å². The Bertz CT molecular complexity index is 1210. The quantitative estimate of drug-likeness (QED) is 0.417. The van der Waals surface area contributed by atoms with E-state index >= 15 is 0 Å². The number of aryl methyl sites for hydroxylation is 2. The summed E-state index contributed by atoms with van der Waals surface area (Å²) in [7, 11) is 1.71. The summed E-state index contributed by atoms with van der Waals surface area (Å²) in [5, 5.41) is 22.1. The number of nitrogens with one attached hydrogen (secondary N) is 2. The fourth-order valence-electron chi connectivity index (χ4n) is 4.98. The zero-order chi connectivity index (χ0) is 25.1. The summed E-state index contributed by atoms with van der Waals surface area (Å²) >= 11 is 0. The molecule has 1 aromatic carbocycles. The number of nitrogens with zero attached hydrogens (tertiary/aromatic N) is 3. The highest BCUT2D eigenvalue weighted by Crippen LogP contribution is 2.31. The molecular weight excluding hydrogens is 442 g/mol. The third kappa shape index (κ3) is 5.37. The van der Waals surface area contributed by atoms with Crippen LogP contribution in [0, 0.1) is 30.9 Å². The molecule has 0 saturated heterocycles. The molecule has 1 saturated carbocycles. The van der Waals surface area contributed by atoms with E-state index in [1.807, 2.05) is 31.2 Å². The highest BCUT2D eigenvalue weighted by molar-refractivity contribution is 6.00. The Labute approximate surface area is 205 Å². The topological polar surface area (TPSA) is 103 Å². The summed E-state index contributed by atoms with van der Waals surface area (Å²) in [5.74, 6) is 0.176. The van der Waals surface area contributed by atoms with Gasteiger partial charge in [0, 0.05) is 31.9 Å². The molecule has 2 heterocycles. The molecule has 1 fully saturated rings. The van der Waals surface area contributed by atoms with E-state index in [-0.39, 0.29) is 17.7 Å². The zero-order valence-electron chi connectivity index (χ0n) is 20.7. The number of aromatic nitrogens is 3. The second kappa shape index (κ2) is 10.3. The van der Waals surface area contributed by atoms with Crippen LogP contribution in [0.25, 0.3) is 11.1 Å². The number of pyridine rings is 1. The predicted molar refractivity (Wildman–Crippen MR) is 135 cm³/mol. The normalized spacial score (nSPS) is 18.6. The fourth-order valence-corrected chi connectivity index (χ4v) is 4.98. The molecule has 8 heteroatoms. The lowest BCUT2D eigenvalue weighted by atomic mass is 9.79. The first-order valence-corrected chi connectivity index (χ1v) is 12.1. The van der Waals surface area contributed by atoms with Crippen LogP contribution in [0.3, 0.4) is 0 Å². The van der Waals surface area contributed by atoms with E-state index in [2.05, 4.69) is 22.7 Å². The summed E-state index contributed by atoms with van der Waals surface area (Å²) in [5.41, 5.74) is 4.50. The van der Waals surface area contributed by atoms with Gasteiger partial charge in [-0.2, -0.15) is 9.83 Å². The van der Waals surface area contributed by atoms with Crippen molar-refractivity contribution in [2.45, 2.75) is 52.5 Å². The van der Waals surface area contributed by atoms with E-state index in [9.17, 15) is 14.8 Å². The molecule has 1 atom stereocenters. The highest BCUT2D eigenvalue weighted by atomic mass is 16.5.